The van der Waals surface area contributed by atoms with Crippen LogP contribution in [0.3, 0.4) is 0 Å². The van der Waals surface area contributed by atoms with E-state index < -0.39 is 30.1 Å². The number of aliphatic hydroxyl groups excluding tert-OH is 2. The van der Waals surface area contributed by atoms with Crippen molar-refractivity contribution >= 4 is 11.9 Å². The molecule has 1 saturated heterocycles. The Balaban J connectivity index is 2.37. The number of fused-ring (bicyclic) bond motifs is 1. The lowest BCUT2D eigenvalue weighted by molar-refractivity contribution is -0.148. The minimum atomic E-state index is -0.655. The van der Waals surface area contributed by atoms with Crippen LogP contribution < -0.4 is 0 Å². The molecular weight excluding hydrogens is 336 g/mol. The van der Waals surface area contributed by atoms with Crippen LogP contribution in [0.15, 0.2) is 35.5 Å². The molecule has 1 aliphatic carbocycles. The summed E-state index contributed by atoms with van der Waals surface area (Å²) in [6.45, 7) is 7.09. The molecule has 1 fully saturated rings. The SMILES string of the molecule is C=C1C(=O)O[C@@H]2C[C@H](CO)CC/C=C(/CO)C[C@@H](OC(=O)/C(C)=C\C)[C@@H]12. The summed E-state index contributed by atoms with van der Waals surface area (Å²) in [6, 6.07) is 0. The summed E-state index contributed by atoms with van der Waals surface area (Å²) in [7, 11) is 0. The molecule has 2 rings (SSSR count). The summed E-state index contributed by atoms with van der Waals surface area (Å²) in [4.78, 5) is 24.4. The Morgan fingerprint density at radius 3 is 2.81 bits per heavy atom. The van der Waals surface area contributed by atoms with Gasteiger partial charge in [-0.15, -0.1) is 0 Å². The fourth-order valence-corrected chi connectivity index (χ4v) is 3.50. The summed E-state index contributed by atoms with van der Waals surface area (Å²) in [6.07, 6.45) is 4.68. The summed E-state index contributed by atoms with van der Waals surface area (Å²) in [5.74, 6) is -1.48. The van der Waals surface area contributed by atoms with Gasteiger partial charge in [0.05, 0.1) is 12.5 Å². The van der Waals surface area contributed by atoms with E-state index in [4.69, 9.17) is 9.47 Å². The van der Waals surface area contributed by atoms with E-state index in [1.54, 1.807) is 19.9 Å². The van der Waals surface area contributed by atoms with Gasteiger partial charge in [0.2, 0.25) is 0 Å². The smallest absolute Gasteiger partial charge is 0.334 e. The predicted octanol–water partition coefficient (Wildman–Crippen LogP) is 2.06. The molecule has 6 heteroatoms. The number of carbonyl (C=O) groups is 2. The van der Waals surface area contributed by atoms with Gasteiger partial charge >= 0.3 is 11.9 Å². The van der Waals surface area contributed by atoms with Crippen LogP contribution in [0.4, 0.5) is 0 Å². The standard InChI is InChI=1S/C20H28O6/c1-4-12(2)19(23)25-16-8-14(10-21)6-5-7-15(11-22)9-17-18(16)13(3)20(24)26-17/h4,6,15-18,21-22H,3,5,7-11H2,1-2H3/b12-4-,14-6+/t15-,16-,17-,18-/m1/s1. The van der Waals surface area contributed by atoms with E-state index in [0.717, 1.165) is 12.0 Å². The zero-order valence-corrected chi connectivity index (χ0v) is 15.4. The minimum absolute atomic E-state index is 0.0162. The third-order valence-corrected chi connectivity index (χ3v) is 5.24. The van der Waals surface area contributed by atoms with Gasteiger partial charge in [-0.3, -0.25) is 0 Å². The Bertz CT molecular complexity index is 618. The van der Waals surface area contributed by atoms with Crippen molar-refractivity contribution in [3.8, 4) is 0 Å². The first-order valence-corrected chi connectivity index (χ1v) is 9.04. The monoisotopic (exact) mass is 364 g/mol. The number of aliphatic hydroxyl groups is 2. The van der Waals surface area contributed by atoms with E-state index in [0.29, 0.717) is 24.8 Å². The van der Waals surface area contributed by atoms with E-state index in [2.05, 4.69) is 6.58 Å². The maximum Gasteiger partial charge on any atom is 0.334 e. The van der Waals surface area contributed by atoms with Crippen molar-refractivity contribution in [2.24, 2.45) is 11.8 Å². The molecule has 0 bridgehead atoms. The molecule has 26 heavy (non-hydrogen) atoms. The van der Waals surface area contributed by atoms with Gasteiger partial charge in [0.15, 0.2) is 0 Å². The molecule has 2 N–H and O–H groups in total. The lowest BCUT2D eigenvalue weighted by atomic mass is 9.81. The van der Waals surface area contributed by atoms with E-state index in [9.17, 15) is 19.8 Å². The first-order chi connectivity index (χ1) is 12.4. The molecule has 1 aliphatic heterocycles. The number of esters is 2. The number of hydrogen-bond acceptors (Lipinski definition) is 6. The highest BCUT2D eigenvalue weighted by molar-refractivity contribution is 5.91. The van der Waals surface area contributed by atoms with E-state index in [-0.39, 0.29) is 24.7 Å². The third-order valence-electron chi connectivity index (χ3n) is 5.24. The quantitative estimate of drug-likeness (QED) is 0.451. The Labute approximate surface area is 154 Å². The van der Waals surface area contributed by atoms with E-state index in [1.165, 1.54) is 0 Å². The Morgan fingerprint density at radius 2 is 2.19 bits per heavy atom. The molecule has 0 aromatic carbocycles. The van der Waals surface area contributed by atoms with Crippen molar-refractivity contribution in [2.75, 3.05) is 13.2 Å². The second kappa shape index (κ2) is 9.14. The van der Waals surface area contributed by atoms with Gasteiger partial charge in [0, 0.05) is 24.2 Å². The number of carbonyl (C=O) groups excluding carboxylic acids is 2. The minimum Gasteiger partial charge on any atom is -0.458 e. The van der Waals surface area contributed by atoms with Crippen LogP contribution in [-0.4, -0.2) is 47.6 Å². The number of ether oxygens (including phenoxy) is 2. The molecule has 0 saturated carbocycles. The third kappa shape index (κ3) is 4.62. The van der Waals surface area contributed by atoms with Crippen LogP contribution in [0.1, 0.15) is 39.5 Å². The second-order valence-electron chi connectivity index (χ2n) is 7.00. The van der Waals surface area contributed by atoms with Crippen molar-refractivity contribution in [2.45, 2.75) is 51.7 Å². The maximum absolute atomic E-state index is 12.3. The topological polar surface area (TPSA) is 93.1 Å². The molecule has 0 aromatic rings. The normalized spacial score (nSPS) is 32.3. The summed E-state index contributed by atoms with van der Waals surface area (Å²) < 4.78 is 11.2. The molecule has 0 aromatic heterocycles. The maximum atomic E-state index is 12.3. The number of hydrogen-bond donors (Lipinski definition) is 2. The van der Waals surface area contributed by atoms with E-state index in [1.807, 2.05) is 6.08 Å². The molecule has 1 heterocycles. The second-order valence-corrected chi connectivity index (χ2v) is 7.00. The van der Waals surface area contributed by atoms with Crippen molar-refractivity contribution in [3.05, 3.63) is 35.5 Å². The highest BCUT2D eigenvalue weighted by atomic mass is 16.6. The first kappa shape index (κ1) is 20.4. The molecule has 4 atom stereocenters. The van der Waals surface area contributed by atoms with Crippen LogP contribution in [0.25, 0.3) is 0 Å². The fourth-order valence-electron chi connectivity index (χ4n) is 3.50. The molecule has 6 nitrogen and oxygen atoms in total. The molecule has 144 valence electrons. The van der Waals surface area contributed by atoms with Crippen LogP contribution in [-0.2, 0) is 19.1 Å². The average molecular weight is 364 g/mol. The Morgan fingerprint density at radius 1 is 1.46 bits per heavy atom. The highest BCUT2D eigenvalue weighted by Crippen LogP contribution is 2.38. The van der Waals surface area contributed by atoms with Gasteiger partial charge in [0.1, 0.15) is 12.2 Å². The fraction of sp³-hybridized carbons (Fsp3) is 0.600. The molecule has 0 unspecified atom stereocenters. The summed E-state index contributed by atoms with van der Waals surface area (Å²) in [5.41, 5.74) is 1.49. The summed E-state index contributed by atoms with van der Waals surface area (Å²) >= 11 is 0. The Hall–Kier alpha value is -1.92. The molecule has 0 spiro atoms. The first-order valence-electron chi connectivity index (χ1n) is 9.04. The molecule has 0 amide bonds. The van der Waals surface area contributed by atoms with Crippen LogP contribution in [0.5, 0.6) is 0 Å². The zero-order chi connectivity index (χ0) is 19.3. The van der Waals surface area contributed by atoms with Gasteiger partial charge < -0.3 is 19.7 Å². The highest BCUT2D eigenvalue weighted by Gasteiger charge is 2.46. The zero-order valence-electron chi connectivity index (χ0n) is 15.4. The molecule has 0 radical (unpaired) electrons. The van der Waals surface area contributed by atoms with Gasteiger partial charge in [-0.25, -0.2) is 9.59 Å². The van der Waals surface area contributed by atoms with Gasteiger partial charge in [-0.2, -0.15) is 0 Å². The van der Waals surface area contributed by atoms with Crippen molar-refractivity contribution < 1.29 is 29.3 Å². The van der Waals surface area contributed by atoms with Gasteiger partial charge in [0.25, 0.3) is 0 Å². The molecule has 2 aliphatic rings. The van der Waals surface area contributed by atoms with Crippen LogP contribution in [0, 0.1) is 11.8 Å². The lowest BCUT2D eigenvalue weighted by Crippen LogP contribution is -2.36. The summed E-state index contributed by atoms with van der Waals surface area (Å²) in [5, 5.41) is 19.3. The van der Waals surface area contributed by atoms with Crippen molar-refractivity contribution in [3.63, 3.8) is 0 Å². The van der Waals surface area contributed by atoms with Crippen LogP contribution >= 0.6 is 0 Å². The lowest BCUT2D eigenvalue weighted by Gasteiger charge is -2.30. The van der Waals surface area contributed by atoms with E-state index >= 15 is 0 Å². The number of allylic oxidation sites excluding steroid dienone is 2. The van der Waals surface area contributed by atoms with Gasteiger partial charge in [-0.1, -0.05) is 18.7 Å². The molecular formula is C20H28O6. The van der Waals surface area contributed by atoms with Gasteiger partial charge in [-0.05, 0) is 44.6 Å². The largest absolute Gasteiger partial charge is 0.458 e. The van der Waals surface area contributed by atoms with Crippen molar-refractivity contribution in [1.82, 2.24) is 0 Å². The number of rotatable bonds is 4. The Kier molecular flexibility index (Phi) is 7.17. The average Bonchev–Trinajstić information content (AvgIpc) is 2.91. The van der Waals surface area contributed by atoms with Crippen molar-refractivity contribution in [1.29, 1.82) is 0 Å². The van der Waals surface area contributed by atoms with Crippen LogP contribution in [0.2, 0.25) is 0 Å². The predicted molar refractivity (Wildman–Crippen MR) is 96.0 cm³/mol.